The molecule has 20 heavy (non-hydrogen) atoms. The molecule has 1 heterocycles. The van der Waals surface area contributed by atoms with Crippen molar-refractivity contribution in [3.63, 3.8) is 0 Å². The molecule has 9 heteroatoms. The first kappa shape index (κ1) is 19.4. The summed E-state index contributed by atoms with van der Waals surface area (Å²) in [4.78, 5) is 8.20. The van der Waals surface area contributed by atoms with E-state index >= 15 is 0 Å². The highest BCUT2D eigenvalue weighted by Gasteiger charge is 2.26. The maximum Gasteiger partial charge on any atom is 0.390 e. The maximum absolute atomic E-state index is 12.0. The highest BCUT2D eigenvalue weighted by Crippen LogP contribution is 2.18. The van der Waals surface area contributed by atoms with Crippen molar-refractivity contribution in [3.05, 3.63) is 16.1 Å². The van der Waals surface area contributed by atoms with Gasteiger partial charge in [-0.3, -0.25) is 4.99 Å². The minimum Gasteiger partial charge on any atom is -0.356 e. The largest absolute Gasteiger partial charge is 0.390 e. The summed E-state index contributed by atoms with van der Waals surface area (Å²) in [6, 6.07) is 0. The Balaban J connectivity index is 0.00000361. The van der Waals surface area contributed by atoms with Crippen LogP contribution in [0.25, 0.3) is 0 Å². The molecule has 4 nitrogen and oxygen atoms in total. The molecule has 1 rings (SSSR count). The summed E-state index contributed by atoms with van der Waals surface area (Å²) in [6.45, 7) is 2.27. The number of nitrogens with one attached hydrogen (secondary N) is 2. The number of nitrogens with zero attached hydrogens (tertiary/aromatic N) is 2. The van der Waals surface area contributed by atoms with Gasteiger partial charge in [0.15, 0.2) is 5.96 Å². The van der Waals surface area contributed by atoms with Gasteiger partial charge < -0.3 is 10.6 Å². The van der Waals surface area contributed by atoms with E-state index in [4.69, 9.17) is 0 Å². The first-order valence-electron chi connectivity index (χ1n) is 5.89. The topological polar surface area (TPSA) is 49.3 Å². The van der Waals surface area contributed by atoms with E-state index in [1.54, 1.807) is 11.3 Å². The number of rotatable bonds is 5. The zero-order valence-corrected chi connectivity index (χ0v) is 14.4. The second-order valence-electron chi connectivity index (χ2n) is 3.80. The van der Waals surface area contributed by atoms with Gasteiger partial charge in [-0.05, 0) is 6.42 Å². The van der Waals surface area contributed by atoms with Crippen molar-refractivity contribution in [2.75, 3.05) is 13.6 Å². The van der Waals surface area contributed by atoms with Gasteiger partial charge in [-0.1, -0.05) is 6.92 Å². The molecule has 2 N–H and O–H groups in total. The smallest absolute Gasteiger partial charge is 0.356 e. The molecular formula is C11H18F3IN4S. The lowest BCUT2D eigenvalue weighted by molar-refractivity contribution is -0.132. The second kappa shape index (κ2) is 9.37. The van der Waals surface area contributed by atoms with Gasteiger partial charge in [-0.25, -0.2) is 4.98 Å². The SMILES string of the molecule is CCc1nc(CNC(=NC)NCCC(F)(F)F)cs1.I. The van der Waals surface area contributed by atoms with Gasteiger partial charge in [0.1, 0.15) is 0 Å². The van der Waals surface area contributed by atoms with Crippen LogP contribution in [0.3, 0.4) is 0 Å². The highest BCUT2D eigenvalue weighted by molar-refractivity contribution is 14.0. The van der Waals surface area contributed by atoms with Crippen molar-refractivity contribution < 1.29 is 13.2 Å². The zero-order chi connectivity index (χ0) is 14.3. The van der Waals surface area contributed by atoms with Crippen LogP contribution in [-0.2, 0) is 13.0 Å². The molecule has 0 aliphatic heterocycles. The number of aliphatic imine (C=N–C) groups is 1. The number of guanidine groups is 1. The van der Waals surface area contributed by atoms with Crippen molar-refractivity contribution >= 4 is 41.3 Å². The summed E-state index contributed by atoms with van der Waals surface area (Å²) in [5, 5.41) is 8.50. The fraction of sp³-hybridized carbons (Fsp3) is 0.636. The van der Waals surface area contributed by atoms with Gasteiger partial charge >= 0.3 is 6.18 Å². The van der Waals surface area contributed by atoms with Crippen LogP contribution in [0.5, 0.6) is 0 Å². The van der Waals surface area contributed by atoms with E-state index in [2.05, 4.69) is 20.6 Å². The molecule has 0 saturated heterocycles. The molecule has 1 aromatic rings. The van der Waals surface area contributed by atoms with Gasteiger partial charge in [0.25, 0.3) is 0 Å². The Hall–Kier alpha value is -0.580. The summed E-state index contributed by atoms with van der Waals surface area (Å²) >= 11 is 1.57. The Kier molecular flexibility index (Phi) is 9.10. The third-order valence-corrected chi connectivity index (χ3v) is 3.31. The van der Waals surface area contributed by atoms with Crippen LogP contribution >= 0.6 is 35.3 Å². The molecule has 0 unspecified atom stereocenters. The standard InChI is InChI=1S/C11H17F3N4S.HI/c1-3-9-18-8(7-19-9)6-17-10(15-2)16-5-4-11(12,13)14;/h7H,3-6H2,1-2H3,(H2,15,16,17);1H. The number of aryl methyl sites for hydroxylation is 1. The van der Waals surface area contributed by atoms with Crippen molar-refractivity contribution in [1.29, 1.82) is 0 Å². The monoisotopic (exact) mass is 422 g/mol. The quantitative estimate of drug-likeness (QED) is 0.436. The van der Waals surface area contributed by atoms with Gasteiger partial charge in [-0.2, -0.15) is 13.2 Å². The average Bonchev–Trinajstić information content (AvgIpc) is 2.80. The van der Waals surface area contributed by atoms with Crippen molar-refractivity contribution in [2.45, 2.75) is 32.5 Å². The normalized spacial score (nSPS) is 11.9. The molecule has 0 spiro atoms. The second-order valence-corrected chi connectivity index (χ2v) is 4.75. The van der Waals surface area contributed by atoms with Crippen molar-refractivity contribution in [1.82, 2.24) is 15.6 Å². The Morgan fingerprint density at radius 1 is 1.40 bits per heavy atom. The third-order valence-electron chi connectivity index (χ3n) is 2.26. The van der Waals surface area contributed by atoms with E-state index in [1.807, 2.05) is 12.3 Å². The number of alkyl halides is 3. The van der Waals surface area contributed by atoms with Crippen LogP contribution < -0.4 is 10.6 Å². The Morgan fingerprint density at radius 2 is 2.10 bits per heavy atom. The molecule has 0 aromatic carbocycles. The number of hydrogen-bond donors (Lipinski definition) is 2. The minimum absolute atomic E-state index is 0. The summed E-state index contributed by atoms with van der Waals surface area (Å²) < 4.78 is 36.0. The van der Waals surface area contributed by atoms with Crippen LogP contribution in [0.1, 0.15) is 24.0 Å². The molecule has 0 fully saturated rings. The number of thiazole rings is 1. The predicted octanol–water partition coefficient (Wildman–Crippen LogP) is 2.94. The number of hydrogen-bond acceptors (Lipinski definition) is 3. The maximum atomic E-state index is 12.0. The molecule has 116 valence electrons. The van der Waals surface area contributed by atoms with E-state index in [-0.39, 0.29) is 30.5 Å². The molecule has 0 amide bonds. The Morgan fingerprint density at radius 3 is 2.60 bits per heavy atom. The molecule has 0 bridgehead atoms. The van der Waals surface area contributed by atoms with Crippen molar-refractivity contribution in [3.8, 4) is 0 Å². The lowest BCUT2D eigenvalue weighted by Crippen LogP contribution is -2.38. The van der Waals surface area contributed by atoms with E-state index in [0.29, 0.717) is 12.5 Å². The first-order chi connectivity index (χ1) is 8.94. The minimum atomic E-state index is -4.16. The van der Waals surface area contributed by atoms with Gasteiger partial charge in [-0.15, -0.1) is 35.3 Å². The number of aromatic nitrogens is 1. The lowest BCUT2D eigenvalue weighted by Gasteiger charge is -2.12. The predicted molar refractivity (Wildman–Crippen MR) is 85.8 cm³/mol. The highest BCUT2D eigenvalue weighted by atomic mass is 127. The summed E-state index contributed by atoms with van der Waals surface area (Å²) in [5.41, 5.74) is 0.862. The third kappa shape index (κ3) is 7.88. The van der Waals surface area contributed by atoms with Crippen LogP contribution in [0, 0.1) is 0 Å². The lowest BCUT2D eigenvalue weighted by atomic mass is 10.4. The average molecular weight is 422 g/mol. The summed E-state index contributed by atoms with van der Waals surface area (Å²) in [7, 11) is 1.52. The van der Waals surface area contributed by atoms with E-state index in [9.17, 15) is 13.2 Å². The molecule has 0 radical (unpaired) electrons. The fourth-order valence-corrected chi connectivity index (χ4v) is 2.05. The van der Waals surface area contributed by atoms with E-state index in [0.717, 1.165) is 17.1 Å². The van der Waals surface area contributed by atoms with Crippen LogP contribution in [0.15, 0.2) is 10.4 Å². The zero-order valence-electron chi connectivity index (χ0n) is 11.3. The van der Waals surface area contributed by atoms with Crippen LogP contribution in [-0.4, -0.2) is 30.7 Å². The Labute approximate surface area is 137 Å². The van der Waals surface area contributed by atoms with Gasteiger partial charge in [0.05, 0.1) is 23.7 Å². The summed E-state index contributed by atoms with van der Waals surface area (Å²) in [6.07, 6.45) is -4.16. The molecule has 0 saturated carbocycles. The molecule has 1 aromatic heterocycles. The molecule has 0 atom stereocenters. The molecule has 0 aliphatic carbocycles. The first-order valence-corrected chi connectivity index (χ1v) is 6.77. The molecule has 0 aliphatic rings. The Bertz CT molecular complexity index is 420. The van der Waals surface area contributed by atoms with Gasteiger partial charge in [0.2, 0.25) is 0 Å². The van der Waals surface area contributed by atoms with Gasteiger partial charge in [0, 0.05) is 19.0 Å². The van der Waals surface area contributed by atoms with Crippen LogP contribution in [0.2, 0.25) is 0 Å². The summed E-state index contributed by atoms with van der Waals surface area (Å²) in [5.74, 6) is 0.343. The van der Waals surface area contributed by atoms with E-state index < -0.39 is 12.6 Å². The fourth-order valence-electron chi connectivity index (χ4n) is 1.31. The van der Waals surface area contributed by atoms with E-state index in [1.165, 1.54) is 7.05 Å². The number of halogens is 4. The van der Waals surface area contributed by atoms with Crippen LogP contribution in [0.4, 0.5) is 13.2 Å². The van der Waals surface area contributed by atoms with Crippen molar-refractivity contribution in [2.24, 2.45) is 4.99 Å². The molecular weight excluding hydrogens is 404 g/mol.